The topological polar surface area (TPSA) is 29.1 Å². The Morgan fingerprint density at radius 1 is 1.04 bits per heavy atom. The van der Waals surface area contributed by atoms with Gasteiger partial charge in [-0.2, -0.15) is 13.2 Å². The van der Waals surface area contributed by atoms with Crippen LogP contribution in [0.15, 0.2) is 48.5 Å². The number of thioether (sulfide) groups is 1. The van der Waals surface area contributed by atoms with Crippen LogP contribution in [-0.2, 0) is 23.3 Å². The molecule has 2 aromatic rings. The van der Waals surface area contributed by atoms with Crippen molar-refractivity contribution in [1.29, 1.82) is 0 Å². The van der Waals surface area contributed by atoms with E-state index >= 15 is 0 Å². The number of benzene rings is 2. The molecule has 1 amide bonds. The molecule has 0 atom stereocenters. The normalized spacial score (nSPS) is 11.3. The van der Waals surface area contributed by atoms with Gasteiger partial charge in [0.05, 0.1) is 11.3 Å². The summed E-state index contributed by atoms with van der Waals surface area (Å²) >= 11 is 1.35. The number of carbonyl (C=O) groups excluding carboxylic acids is 1. The Hall–Kier alpha value is -2.02. The van der Waals surface area contributed by atoms with Crippen LogP contribution in [0.25, 0.3) is 0 Å². The number of hydrogen-bond donors (Lipinski definition) is 1. The molecule has 0 spiro atoms. The van der Waals surface area contributed by atoms with E-state index in [1.165, 1.54) is 36.0 Å². The molecule has 1 N–H and O–H groups in total. The number of amides is 1. The zero-order chi connectivity index (χ0) is 17.6. The van der Waals surface area contributed by atoms with Crippen LogP contribution in [0.5, 0.6) is 0 Å². The van der Waals surface area contributed by atoms with E-state index < -0.39 is 11.7 Å². The van der Waals surface area contributed by atoms with E-state index in [1.54, 1.807) is 12.1 Å². The van der Waals surface area contributed by atoms with Crippen LogP contribution in [0.2, 0.25) is 0 Å². The molecule has 0 bridgehead atoms. The molecule has 0 fully saturated rings. The third-order valence-electron chi connectivity index (χ3n) is 3.16. The average Bonchev–Trinajstić information content (AvgIpc) is 2.54. The van der Waals surface area contributed by atoms with E-state index in [4.69, 9.17) is 0 Å². The SMILES string of the molecule is O=C(CSCc1ccc(F)cc1)NCc1cccc(C(F)(F)F)c1. The van der Waals surface area contributed by atoms with Crippen LogP contribution >= 0.6 is 11.8 Å². The second-order valence-corrected chi connectivity index (χ2v) is 6.08. The van der Waals surface area contributed by atoms with Gasteiger partial charge in [0.25, 0.3) is 0 Å². The molecular formula is C17H15F4NOS. The molecule has 0 aliphatic heterocycles. The number of halogens is 4. The van der Waals surface area contributed by atoms with Crippen molar-refractivity contribution in [3.63, 3.8) is 0 Å². The van der Waals surface area contributed by atoms with Gasteiger partial charge < -0.3 is 5.32 Å². The fraction of sp³-hybridized carbons (Fsp3) is 0.235. The smallest absolute Gasteiger partial charge is 0.351 e. The minimum absolute atomic E-state index is 0.0415. The molecule has 0 heterocycles. The van der Waals surface area contributed by atoms with Crippen molar-refractivity contribution in [2.45, 2.75) is 18.5 Å². The summed E-state index contributed by atoms with van der Waals surface area (Å²) in [6, 6.07) is 10.8. The molecule has 0 aliphatic rings. The van der Waals surface area contributed by atoms with Gasteiger partial charge in [-0.1, -0.05) is 24.3 Å². The monoisotopic (exact) mass is 357 g/mol. The minimum atomic E-state index is -4.40. The zero-order valence-electron chi connectivity index (χ0n) is 12.6. The standard InChI is InChI=1S/C17H15F4NOS/c18-15-6-4-12(5-7-15)10-24-11-16(23)22-9-13-2-1-3-14(8-13)17(19,20)21/h1-8H,9-11H2,(H,22,23). The summed E-state index contributed by atoms with van der Waals surface area (Å²) in [6.07, 6.45) is -4.40. The molecule has 7 heteroatoms. The second kappa shape index (κ2) is 8.19. The van der Waals surface area contributed by atoms with Gasteiger partial charge in [-0.25, -0.2) is 4.39 Å². The van der Waals surface area contributed by atoms with Gasteiger partial charge >= 0.3 is 6.18 Å². The number of carbonyl (C=O) groups is 1. The van der Waals surface area contributed by atoms with Crippen LogP contribution < -0.4 is 5.32 Å². The molecule has 0 saturated heterocycles. The quantitative estimate of drug-likeness (QED) is 0.777. The van der Waals surface area contributed by atoms with Crippen LogP contribution in [0.4, 0.5) is 17.6 Å². The molecule has 128 valence electrons. The third kappa shape index (κ3) is 5.88. The van der Waals surface area contributed by atoms with Crippen LogP contribution in [0, 0.1) is 5.82 Å². The maximum atomic E-state index is 12.8. The first-order chi connectivity index (χ1) is 11.3. The molecule has 2 nitrogen and oxygen atoms in total. The number of rotatable bonds is 6. The Morgan fingerprint density at radius 3 is 2.42 bits per heavy atom. The highest BCUT2D eigenvalue weighted by Gasteiger charge is 2.30. The Morgan fingerprint density at radius 2 is 1.75 bits per heavy atom. The Bertz CT molecular complexity index is 686. The lowest BCUT2D eigenvalue weighted by Crippen LogP contribution is -2.24. The third-order valence-corrected chi connectivity index (χ3v) is 4.16. The van der Waals surface area contributed by atoms with E-state index in [2.05, 4.69) is 5.32 Å². The second-order valence-electron chi connectivity index (χ2n) is 5.09. The summed E-state index contributed by atoms with van der Waals surface area (Å²) in [6.45, 7) is 0.0415. The van der Waals surface area contributed by atoms with Crippen molar-refractivity contribution in [3.8, 4) is 0 Å². The summed E-state index contributed by atoms with van der Waals surface area (Å²) in [7, 11) is 0. The van der Waals surface area contributed by atoms with Gasteiger partial charge in [0, 0.05) is 12.3 Å². The average molecular weight is 357 g/mol. The minimum Gasteiger partial charge on any atom is -0.351 e. The highest BCUT2D eigenvalue weighted by atomic mass is 32.2. The highest BCUT2D eigenvalue weighted by Crippen LogP contribution is 2.29. The van der Waals surface area contributed by atoms with Crippen molar-refractivity contribution in [3.05, 3.63) is 71.0 Å². The first kappa shape index (κ1) is 18.3. The molecule has 24 heavy (non-hydrogen) atoms. The molecule has 2 rings (SSSR count). The first-order valence-corrected chi connectivity index (χ1v) is 8.25. The summed E-state index contributed by atoms with van der Waals surface area (Å²) in [5.74, 6) is 0.148. The predicted molar refractivity (Wildman–Crippen MR) is 85.9 cm³/mol. The first-order valence-electron chi connectivity index (χ1n) is 7.09. The molecule has 0 radical (unpaired) electrons. The lowest BCUT2D eigenvalue weighted by atomic mass is 10.1. The van der Waals surface area contributed by atoms with Crippen LogP contribution in [-0.4, -0.2) is 11.7 Å². The summed E-state index contributed by atoms with van der Waals surface area (Å²) in [5, 5.41) is 2.59. The van der Waals surface area contributed by atoms with Crippen molar-refractivity contribution in [2.75, 3.05) is 5.75 Å². The van der Waals surface area contributed by atoms with Gasteiger partial charge in [0.15, 0.2) is 0 Å². The van der Waals surface area contributed by atoms with E-state index in [0.29, 0.717) is 11.3 Å². The Labute approximate surface area is 141 Å². The van der Waals surface area contributed by atoms with E-state index in [1.807, 2.05) is 0 Å². The van der Waals surface area contributed by atoms with Gasteiger partial charge in [-0.15, -0.1) is 11.8 Å². The highest BCUT2D eigenvalue weighted by molar-refractivity contribution is 7.99. The van der Waals surface area contributed by atoms with Crippen molar-refractivity contribution in [1.82, 2.24) is 5.32 Å². The van der Waals surface area contributed by atoms with Crippen molar-refractivity contribution < 1.29 is 22.4 Å². The van der Waals surface area contributed by atoms with E-state index in [0.717, 1.165) is 17.7 Å². The van der Waals surface area contributed by atoms with Gasteiger partial charge in [-0.05, 0) is 35.4 Å². The summed E-state index contributed by atoms with van der Waals surface area (Å²) < 4.78 is 50.6. The van der Waals surface area contributed by atoms with Crippen molar-refractivity contribution in [2.24, 2.45) is 0 Å². The lowest BCUT2D eigenvalue weighted by molar-refractivity contribution is -0.137. The molecular weight excluding hydrogens is 342 g/mol. The predicted octanol–water partition coefficient (Wildman–Crippen LogP) is 4.39. The number of hydrogen-bond acceptors (Lipinski definition) is 2. The van der Waals surface area contributed by atoms with Crippen LogP contribution in [0.3, 0.4) is 0 Å². The Balaban J connectivity index is 1.76. The zero-order valence-corrected chi connectivity index (χ0v) is 13.4. The maximum absolute atomic E-state index is 12.8. The molecule has 2 aromatic carbocycles. The van der Waals surface area contributed by atoms with E-state index in [9.17, 15) is 22.4 Å². The van der Waals surface area contributed by atoms with Gasteiger partial charge in [-0.3, -0.25) is 4.79 Å². The maximum Gasteiger partial charge on any atom is 0.416 e. The van der Waals surface area contributed by atoms with Gasteiger partial charge in [0.1, 0.15) is 5.82 Å². The van der Waals surface area contributed by atoms with Crippen LogP contribution in [0.1, 0.15) is 16.7 Å². The van der Waals surface area contributed by atoms with Crippen molar-refractivity contribution >= 4 is 17.7 Å². The fourth-order valence-corrected chi connectivity index (χ4v) is 2.77. The Kier molecular flexibility index (Phi) is 6.25. The summed E-state index contributed by atoms with van der Waals surface area (Å²) in [4.78, 5) is 11.7. The largest absolute Gasteiger partial charge is 0.416 e. The molecule has 0 saturated carbocycles. The van der Waals surface area contributed by atoms with Gasteiger partial charge in [0.2, 0.25) is 5.91 Å². The molecule has 0 aromatic heterocycles. The molecule has 0 unspecified atom stereocenters. The van der Waals surface area contributed by atoms with E-state index in [-0.39, 0.29) is 24.0 Å². The lowest BCUT2D eigenvalue weighted by Gasteiger charge is -2.09. The summed E-state index contributed by atoms with van der Waals surface area (Å²) in [5.41, 5.74) is 0.550. The number of alkyl halides is 3. The molecule has 0 aliphatic carbocycles. The fourth-order valence-electron chi connectivity index (χ4n) is 1.95. The number of nitrogens with one attached hydrogen (secondary N) is 1.